The normalized spacial score (nSPS) is 11.9. The highest BCUT2D eigenvalue weighted by molar-refractivity contribution is 6.26. The van der Waals surface area contributed by atoms with E-state index in [0.29, 0.717) is 11.9 Å². The van der Waals surface area contributed by atoms with Gasteiger partial charge in [0.25, 0.3) is 0 Å². The van der Waals surface area contributed by atoms with Crippen LogP contribution < -0.4 is 0 Å². The average molecular weight is 1050 g/mol. The van der Waals surface area contributed by atoms with Gasteiger partial charge < -0.3 is 9.13 Å². The Labute approximate surface area is 470 Å². The number of nitrogens with zero attached hydrogens (tertiary/aromatic N) is 8. The van der Waals surface area contributed by atoms with Crippen LogP contribution in [0.25, 0.3) is 156 Å². The zero-order valence-electron chi connectivity index (χ0n) is 44.1. The van der Waals surface area contributed by atoms with E-state index >= 15 is 0 Å². The standard InChI is InChI=1S/C74H46N8/c1-5-22-47(23-6-1)60-45-61(48-24-7-2-8-25-48)76-73(75-60)81-65-37-18-15-34-55(65)59-43-69-58(44-70(59)81)54-33-14-17-36-64(54)80(69)52-31-21-30-51(42-52)79-67-39-20-16-35-57(67)71-68(79)41-40-56-53-32-13-19-38-66(53)82(72(56)71)74-77-62(49-26-9-3-10-27-49)46-63(78-74)50-28-11-4-12-29-50/h1-46H. The molecule has 8 nitrogen and oxygen atoms in total. The van der Waals surface area contributed by atoms with E-state index in [1.54, 1.807) is 0 Å². The Bertz CT molecular complexity index is 5270. The molecule has 82 heavy (non-hydrogen) atoms. The lowest BCUT2D eigenvalue weighted by Gasteiger charge is -2.13. The molecule has 0 saturated heterocycles. The van der Waals surface area contributed by atoms with Crippen LogP contribution in [0, 0.1) is 0 Å². The largest absolute Gasteiger partial charge is 0.309 e. The first kappa shape index (κ1) is 45.8. The van der Waals surface area contributed by atoms with E-state index in [2.05, 4.69) is 273 Å². The van der Waals surface area contributed by atoms with Gasteiger partial charge in [0.1, 0.15) is 0 Å². The van der Waals surface area contributed by atoms with Crippen molar-refractivity contribution >= 4 is 87.2 Å². The lowest BCUT2D eigenvalue weighted by molar-refractivity contribution is 0.996. The molecule has 17 rings (SSSR count). The molecule has 6 heterocycles. The summed E-state index contributed by atoms with van der Waals surface area (Å²) in [5.41, 5.74) is 18.3. The molecular formula is C74H46N8. The second kappa shape index (κ2) is 18.2. The molecule has 0 aliphatic carbocycles. The molecule has 17 aromatic rings. The highest BCUT2D eigenvalue weighted by Gasteiger charge is 2.25. The number of hydrogen-bond acceptors (Lipinski definition) is 4. The molecule has 0 spiro atoms. The van der Waals surface area contributed by atoms with E-state index in [1.165, 1.54) is 0 Å². The van der Waals surface area contributed by atoms with Crippen molar-refractivity contribution in [2.24, 2.45) is 0 Å². The summed E-state index contributed by atoms with van der Waals surface area (Å²) in [6.45, 7) is 0. The number of aromatic nitrogens is 8. The zero-order valence-corrected chi connectivity index (χ0v) is 44.1. The predicted octanol–water partition coefficient (Wildman–Crippen LogP) is 18.3. The van der Waals surface area contributed by atoms with Gasteiger partial charge in [-0.1, -0.05) is 206 Å². The molecule has 11 aromatic carbocycles. The van der Waals surface area contributed by atoms with Crippen LogP contribution in [0.3, 0.4) is 0 Å². The van der Waals surface area contributed by atoms with Crippen molar-refractivity contribution in [1.82, 2.24) is 38.2 Å². The van der Waals surface area contributed by atoms with Crippen molar-refractivity contribution in [3.63, 3.8) is 0 Å². The van der Waals surface area contributed by atoms with Crippen molar-refractivity contribution in [2.45, 2.75) is 0 Å². The van der Waals surface area contributed by atoms with Gasteiger partial charge in [0, 0.05) is 76.7 Å². The molecule has 0 aliphatic rings. The number of benzene rings is 11. The second-order valence-electron chi connectivity index (χ2n) is 21.0. The quantitative estimate of drug-likeness (QED) is 0.152. The molecule has 0 unspecified atom stereocenters. The van der Waals surface area contributed by atoms with Crippen molar-refractivity contribution in [3.05, 3.63) is 279 Å². The van der Waals surface area contributed by atoms with Crippen molar-refractivity contribution in [3.8, 4) is 68.3 Å². The minimum absolute atomic E-state index is 0.617. The highest BCUT2D eigenvalue weighted by Crippen LogP contribution is 2.44. The van der Waals surface area contributed by atoms with Gasteiger partial charge >= 0.3 is 0 Å². The second-order valence-corrected chi connectivity index (χ2v) is 21.0. The predicted molar refractivity (Wildman–Crippen MR) is 337 cm³/mol. The third-order valence-corrected chi connectivity index (χ3v) is 16.4. The van der Waals surface area contributed by atoms with E-state index in [-0.39, 0.29) is 0 Å². The van der Waals surface area contributed by atoms with Gasteiger partial charge in [-0.25, -0.2) is 19.9 Å². The first-order valence-corrected chi connectivity index (χ1v) is 27.7. The van der Waals surface area contributed by atoms with Gasteiger partial charge in [0.15, 0.2) is 0 Å². The number of hydrogen-bond donors (Lipinski definition) is 0. The van der Waals surface area contributed by atoms with Crippen LogP contribution in [0.2, 0.25) is 0 Å². The van der Waals surface area contributed by atoms with Gasteiger partial charge in [-0.15, -0.1) is 0 Å². The Morgan fingerprint density at radius 1 is 0.207 bits per heavy atom. The van der Waals surface area contributed by atoms with Crippen LogP contribution in [0.1, 0.15) is 0 Å². The molecule has 0 radical (unpaired) electrons. The SMILES string of the molecule is c1ccc(-c2cc(-c3ccccc3)nc(-n3c4ccccc4c4cc5c(cc43)c3ccccc3n5-c3cccc(-n4c5ccccc5c5c4ccc4c6ccccc6n(-c6nc(-c7ccccc7)cc(-c7ccccc7)n6)c45)c3)n2)cc1. The van der Waals surface area contributed by atoms with Crippen molar-refractivity contribution in [1.29, 1.82) is 0 Å². The summed E-state index contributed by atoms with van der Waals surface area (Å²) in [6, 6.07) is 99.1. The summed E-state index contributed by atoms with van der Waals surface area (Å²) in [5, 5.41) is 9.10. The van der Waals surface area contributed by atoms with E-state index in [9.17, 15) is 0 Å². The number of para-hydroxylation sites is 4. The minimum atomic E-state index is 0.617. The monoisotopic (exact) mass is 1050 g/mol. The lowest BCUT2D eigenvalue weighted by Crippen LogP contribution is -2.04. The number of rotatable bonds is 8. The topological polar surface area (TPSA) is 71.3 Å². The molecule has 0 N–H and O–H groups in total. The van der Waals surface area contributed by atoms with Gasteiger partial charge in [0.05, 0.1) is 66.9 Å². The van der Waals surface area contributed by atoms with Crippen LogP contribution in [0.5, 0.6) is 0 Å². The summed E-state index contributed by atoms with van der Waals surface area (Å²) < 4.78 is 9.41. The van der Waals surface area contributed by atoms with Crippen LogP contribution in [-0.4, -0.2) is 38.2 Å². The van der Waals surface area contributed by atoms with Crippen LogP contribution in [0.15, 0.2) is 279 Å². The number of fused-ring (bicyclic) bond motifs is 13. The molecule has 382 valence electrons. The lowest BCUT2D eigenvalue weighted by atomic mass is 10.1. The smallest absolute Gasteiger partial charge is 0.235 e. The average Bonchev–Trinajstić information content (AvgIpc) is 2.53. The fraction of sp³-hybridized carbons (Fsp3) is 0. The van der Waals surface area contributed by atoms with Gasteiger partial charge in [-0.3, -0.25) is 9.13 Å². The molecular weight excluding hydrogens is 1000 g/mol. The van der Waals surface area contributed by atoms with Gasteiger partial charge in [0.2, 0.25) is 11.9 Å². The molecule has 6 aromatic heterocycles. The maximum atomic E-state index is 5.43. The zero-order chi connectivity index (χ0) is 53.8. The molecule has 0 amide bonds. The fourth-order valence-corrected chi connectivity index (χ4v) is 12.8. The van der Waals surface area contributed by atoms with Crippen molar-refractivity contribution < 1.29 is 0 Å². The molecule has 0 bridgehead atoms. The van der Waals surface area contributed by atoms with E-state index in [4.69, 9.17) is 19.9 Å². The van der Waals surface area contributed by atoms with Crippen LogP contribution in [-0.2, 0) is 0 Å². The Kier molecular flexibility index (Phi) is 10.1. The third kappa shape index (κ3) is 7.05. The summed E-state index contributed by atoms with van der Waals surface area (Å²) in [7, 11) is 0. The Morgan fingerprint density at radius 3 is 1.04 bits per heavy atom. The maximum Gasteiger partial charge on any atom is 0.235 e. The van der Waals surface area contributed by atoms with E-state index < -0.39 is 0 Å². The summed E-state index contributed by atoms with van der Waals surface area (Å²) in [4.78, 5) is 21.6. The van der Waals surface area contributed by atoms with E-state index in [0.717, 1.165) is 144 Å². The summed E-state index contributed by atoms with van der Waals surface area (Å²) in [6.07, 6.45) is 0. The Hall–Kier alpha value is -11.2. The summed E-state index contributed by atoms with van der Waals surface area (Å²) >= 11 is 0. The summed E-state index contributed by atoms with van der Waals surface area (Å²) in [5.74, 6) is 1.24. The maximum absolute atomic E-state index is 5.43. The molecule has 0 atom stereocenters. The molecule has 8 heteroatoms. The van der Waals surface area contributed by atoms with Crippen LogP contribution >= 0.6 is 0 Å². The molecule has 0 fully saturated rings. The molecule has 0 saturated carbocycles. The van der Waals surface area contributed by atoms with E-state index in [1.807, 2.05) is 24.3 Å². The van der Waals surface area contributed by atoms with Gasteiger partial charge in [-0.05, 0) is 72.8 Å². The minimum Gasteiger partial charge on any atom is -0.309 e. The van der Waals surface area contributed by atoms with Crippen LogP contribution in [0.4, 0.5) is 0 Å². The Balaban J connectivity index is 0.885. The highest BCUT2D eigenvalue weighted by atomic mass is 15.2. The first-order valence-electron chi connectivity index (χ1n) is 27.7. The fourth-order valence-electron chi connectivity index (χ4n) is 12.8. The van der Waals surface area contributed by atoms with Crippen molar-refractivity contribution in [2.75, 3.05) is 0 Å². The molecule has 0 aliphatic heterocycles. The Morgan fingerprint density at radius 2 is 0.561 bits per heavy atom. The third-order valence-electron chi connectivity index (χ3n) is 16.4. The van der Waals surface area contributed by atoms with Gasteiger partial charge in [-0.2, -0.15) is 0 Å². The first-order chi connectivity index (χ1) is 40.7.